The quantitative estimate of drug-likeness (QED) is 0.756. The molecule has 0 aliphatic heterocycles. The highest BCUT2D eigenvalue weighted by atomic mass is 16.5. The van der Waals surface area contributed by atoms with E-state index < -0.39 is 0 Å². The molecule has 5 nitrogen and oxygen atoms in total. The van der Waals surface area contributed by atoms with Gasteiger partial charge in [0.1, 0.15) is 11.6 Å². The van der Waals surface area contributed by atoms with Crippen molar-refractivity contribution in [3.63, 3.8) is 0 Å². The van der Waals surface area contributed by atoms with Crippen LogP contribution >= 0.6 is 0 Å². The van der Waals surface area contributed by atoms with Crippen molar-refractivity contribution in [2.45, 2.75) is 13.0 Å². The molecule has 0 aliphatic rings. The third-order valence-electron chi connectivity index (χ3n) is 1.90. The van der Waals surface area contributed by atoms with Crippen molar-refractivity contribution in [1.29, 1.82) is 0 Å². The summed E-state index contributed by atoms with van der Waals surface area (Å²) in [7, 11) is 5.15. The van der Waals surface area contributed by atoms with Gasteiger partial charge in [-0.2, -0.15) is 0 Å². The number of aromatic nitrogens is 2. The molecule has 15 heavy (non-hydrogen) atoms. The van der Waals surface area contributed by atoms with Crippen LogP contribution in [0.1, 0.15) is 11.5 Å². The number of ether oxygens (including phenoxy) is 2. The second kappa shape index (κ2) is 6.31. The third kappa shape index (κ3) is 3.81. The Balaban J connectivity index is 2.79. The molecular formula is C10H17N3O2. The van der Waals surface area contributed by atoms with E-state index in [1.165, 1.54) is 0 Å². The van der Waals surface area contributed by atoms with E-state index in [9.17, 15) is 0 Å². The molecule has 1 heterocycles. The van der Waals surface area contributed by atoms with Gasteiger partial charge in [-0.3, -0.25) is 0 Å². The summed E-state index contributed by atoms with van der Waals surface area (Å²) in [5.41, 5.74) is 0.878. The number of hydrogen-bond donors (Lipinski definition) is 1. The Kier molecular flexibility index (Phi) is 5.00. The molecule has 0 radical (unpaired) electrons. The molecule has 1 N–H and O–H groups in total. The third-order valence-corrected chi connectivity index (χ3v) is 1.90. The van der Waals surface area contributed by atoms with Gasteiger partial charge in [0.25, 0.3) is 0 Å². The molecular weight excluding hydrogens is 194 g/mol. The average molecular weight is 211 g/mol. The number of rotatable bonds is 6. The van der Waals surface area contributed by atoms with E-state index in [0.717, 1.165) is 17.3 Å². The van der Waals surface area contributed by atoms with Crippen molar-refractivity contribution in [3.8, 4) is 0 Å². The summed E-state index contributed by atoms with van der Waals surface area (Å²) in [4.78, 5) is 8.67. The summed E-state index contributed by atoms with van der Waals surface area (Å²) >= 11 is 0. The van der Waals surface area contributed by atoms with Crippen LogP contribution in [0, 0.1) is 0 Å². The Labute approximate surface area is 89.8 Å². The molecule has 5 heteroatoms. The van der Waals surface area contributed by atoms with Crippen LogP contribution in [-0.2, 0) is 22.5 Å². The van der Waals surface area contributed by atoms with Gasteiger partial charge in [0, 0.05) is 33.8 Å². The minimum absolute atomic E-state index is 0.497. The fourth-order valence-corrected chi connectivity index (χ4v) is 1.21. The Morgan fingerprint density at radius 1 is 1.27 bits per heavy atom. The molecule has 0 aliphatic carbocycles. The second-order valence-corrected chi connectivity index (χ2v) is 3.09. The molecule has 0 atom stereocenters. The van der Waals surface area contributed by atoms with E-state index in [2.05, 4.69) is 15.3 Å². The highest BCUT2D eigenvalue weighted by molar-refractivity contribution is 5.35. The summed E-state index contributed by atoms with van der Waals surface area (Å²) in [5, 5.41) is 3.00. The molecule has 1 aromatic rings. The first kappa shape index (κ1) is 11.9. The van der Waals surface area contributed by atoms with Crippen molar-refractivity contribution in [2.24, 2.45) is 0 Å². The van der Waals surface area contributed by atoms with E-state index in [0.29, 0.717) is 19.6 Å². The first-order valence-electron chi connectivity index (χ1n) is 4.82. The van der Waals surface area contributed by atoms with Crippen molar-refractivity contribution < 1.29 is 9.47 Å². The van der Waals surface area contributed by atoms with Crippen LogP contribution in [0.25, 0.3) is 0 Å². The standard InChI is InChI=1S/C10H17N3O2/c1-11-10-6-8(7-15-3)12-9(13-10)4-5-14-2/h6H,4-5,7H2,1-3H3,(H,11,12,13). The fourth-order valence-electron chi connectivity index (χ4n) is 1.21. The monoisotopic (exact) mass is 211 g/mol. The highest BCUT2D eigenvalue weighted by Gasteiger charge is 2.03. The predicted octanol–water partition coefficient (Wildman–Crippen LogP) is 0.854. The Morgan fingerprint density at radius 3 is 2.67 bits per heavy atom. The van der Waals surface area contributed by atoms with Crippen molar-refractivity contribution in [2.75, 3.05) is 33.2 Å². The van der Waals surface area contributed by atoms with Crippen LogP contribution in [0.15, 0.2) is 6.07 Å². The van der Waals surface area contributed by atoms with Crippen LogP contribution in [0.3, 0.4) is 0 Å². The first-order chi connectivity index (χ1) is 7.30. The Hall–Kier alpha value is -1.20. The normalized spacial score (nSPS) is 10.3. The van der Waals surface area contributed by atoms with Gasteiger partial charge in [-0.25, -0.2) is 9.97 Å². The molecule has 0 unspecified atom stereocenters. The molecule has 84 valence electrons. The van der Waals surface area contributed by atoms with Crippen molar-refractivity contribution in [3.05, 3.63) is 17.6 Å². The maximum Gasteiger partial charge on any atom is 0.133 e. The molecule has 0 saturated carbocycles. The predicted molar refractivity (Wildman–Crippen MR) is 57.9 cm³/mol. The topological polar surface area (TPSA) is 56.3 Å². The van der Waals surface area contributed by atoms with Crippen molar-refractivity contribution in [1.82, 2.24) is 9.97 Å². The van der Waals surface area contributed by atoms with E-state index >= 15 is 0 Å². The van der Waals surface area contributed by atoms with Crippen LogP contribution in [-0.4, -0.2) is 37.8 Å². The van der Waals surface area contributed by atoms with Crippen LogP contribution in [0.5, 0.6) is 0 Å². The number of nitrogens with zero attached hydrogens (tertiary/aromatic N) is 2. The smallest absolute Gasteiger partial charge is 0.133 e. The van der Waals surface area contributed by atoms with E-state index in [1.807, 2.05) is 13.1 Å². The van der Waals surface area contributed by atoms with Gasteiger partial charge in [-0.15, -0.1) is 0 Å². The Bertz CT molecular complexity index is 305. The summed E-state index contributed by atoms with van der Waals surface area (Å²) in [6.45, 7) is 1.12. The molecule has 0 aromatic carbocycles. The molecule has 0 fully saturated rings. The zero-order valence-electron chi connectivity index (χ0n) is 9.41. The zero-order valence-corrected chi connectivity index (χ0v) is 9.41. The molecule has 0 saturated heterocycles. The maximum atomic E-state index is 5.04. The van der Waals surface area contributed by atoms with Crippen LogP contribution in [0.4, 0.5) is 5.82 Å². The number of nitrogens with one attached hydrogen (secondary N) is 1. The molecule has 0 amide bonds. The van der Waals surface area contributed by atoms with E-state index in [-0.39, 0.29) is 0 Å². The maximum absolute atomic E-state index is 5.04. The first-order valence-corrected chi connectivity index (χ1v) is 4.82. The van der Waals surface area contributed by atoms with Crippen molar-refractivity contribution >= 4 is 5.82 Å². The lowest BCUT2D eigenvalue weighted by Crippen LogP contribution is -2.06. The van der Waals surface area contributed by atoms with Gasteiger partial charge < -0.3 is 14.8 Å². The minimum atomic E-state index is 0.497. The van der Waals surface area contributed by atoms with Gasteiger partial charge in [0.15, 0.2) is 0 Å². The van der Waals surface area contributed by atoms with Gasteiger partial charge in [0.2, 0.25) is 0 Å². The summed E-state index contributed by atoms with van der Waals surface area (Å²) < 4.78 is 10.0. The number of anilines is 1. The van der Waals surface area contributed by atoms with Crippen LogP contribution < -0.4 is 5.32 Å². The fraction of sp³-hybridized carbons (Fsp3) is 0.600. The molecule has 1 aromatic heterocycles. The minimum Gasteiger partial charge on any atom is -0.384 e. The van der Waals surface area contributed by atoms with E-state index in [4.69, 9.17) is 9.47 Å². The zero-order chi connectivity index (χ0) is 11.1. The molecule has 1 rings (SSSR count). The summed E-state index contributed by atoms with van der Waals surface area (Å²) in [6.07, 6.45) is 0.711. The lowest BCUT2D eigenvalue weighted by atomic mass is 10.3. The van der Waals surface area contributed by atoms with Gasteiger partial charge in [-0.1, -0.05) is 0 Å². The summed E-state index contributed by atoms with van der Waals surface area (Å²) in [6, 6.07) is 1.87. The number of hydrogen-bond acceptors (Lipinski definition) is 5. The summed E-state index contributed by atoms with van der Waals surface area (Å²) in [5.74, 6) is 1.58. The van der Waals surface area contributed by atoms with Gasteiger partial charge >= 0.3 is 0 Å². The molecule has 0 bridgehead atoms. The lowest BCUT2D eigenvalue weighted by Gasteiger charge is -2.06. The SMILES string of the molecule is CNc1cc(COC)nc(CCOC)n1. The largest absolute Gasteiger partial charge is 0.384 e. The molecule has 0 spiro atoms. The van der Waals surface area contributed by atoms with Crippen LogP contribution in [0.2, 0.25) is 0 Å². The van der Waals surface area contributed by atoms with Gasteiger partial charge in [-0.05, 0) is 0 Å². The van der Waals surface area contributed by atoms with Gasteiger partial charge in [0.05, 0.1) is 18.9 Å². The highest BCUT2D eigenvalue weighted by Crippen LogP contribution is 2.07. The second-order valence-electron chi connectivity index (χ2n) is 3.09. The lowest BCUT2D eigenvalue weighted by molar-refractivity contribution is 0.180. The van der Waals surface area contributed by atoms with E-state index in [1.54, 1.807) is 14.2 Å². The number of methoxy groups -OCH3 is 2. The average Bonchev–Trinajstić information content (AvgIpc) is 2.26. The Morgan fingerprint density at radius 2 is 2.07 bits per heavy atom.